The van der Waals surface area contributed by atoms with Crippen molar-refractivity contribution < 1.29 is 0 Å². The minimum atomic E-state index is 0.472. The average molecular weight is 469 g/mol. The highest BCUT2D eigenvalue weighted by Gasteiger charge is 2.24. The van der Waals surface area contributed by atoms with Gasteiger partial charge in [0.2, 0.25) is 5.95 Å². The average Bonchev–Trinajstić information content (AvgIpc) is 3.38. The lowest BCUT2D eigenvalue weighted by atomic mass is 9.95. The molecule has 0 unspecified atom stereocenters. The Kier molecular flexibility index (Phi) is 6.17. The molecule has 180 valence electrons. The molecule has 8 nitrogen and oxygen atoms in total. The number of pyridine rings is 1. The predicted octanol–water partition coefficient (Wildman–Crippen LogP) is 4.67. The van der Waals surface area contributed by atoms with Crippen molar-refractivity contribution in [3.05, 3.63) is 66.6 Å². The Bertz CT molecular complexity index is 1240. The topological polar surface area (TPSA) is 75.0 Å². The number of imidazole rings is 1. The highest BCUT2D eigenvalue weighted by molar-refractivity contribution is 5.84. The van der Waals surface area contributed by atoms with E-state index in [9.17, 15) is 0 Å². The first kappa shape index (κ1) is 21.8. The molecule has 2 fully saturated rings. The van der Waals surface area contributed by atoms with Gasteiger partial charge >= 0.3 is 0 Å². The van der Waals surface area contributed by atoms with Crippen LogP contribution in [0.2, 0.25) is 0 Å². The molecule has 1 aromatic carbocycles. The lowest BCUT2D eigenvalue weighted by Crippen LogP contribution is -2.47. The zero-order valence-corrected chi connectivity index (χ0v) is 20.1. The van der Waals surface area contributed by atoms with Crippen molar-refractivity contribution in [2.45, 2.75) is 44.7 Å². The quantitative estimate of drug-likeness (QED) is 0.441. The smallest absolute Gasteiger partial charge is 0.229 e. The first-order valence-corrected chi connectivity index (χ1v) is 12.8. The first-order valence-electron chi connectivity index (χ1n) is 12.8. The molecule has 0 spiro atoms. The van der Waals surface area contributed by atoms with Gasteiger partial charge in [-0.3, -0.25) is 0 Å². The maximum Gasteiger partial charge on any atom is 0.229 e. The molecule has 2 aliphatic rings. The lowest BCUT2D eigenvalue weighted by molar-refractivity contribution is 0.358. The fourth-order valence-electron chi connectivity index (χ4n) is 5.25. The van der Waals surface area contributed by atoms with E-state index in [0.717, 1.165) is 54.9 Å². The molecule has 8 heteroatoms. The molecule has 0 atom stereocenters. The molecule has 1 saturated carbocycles. The summed E-state index contributed by atoms with van der Waals surface area (Å²) in [6, 6.07) is 17.0. The fraction of sp³-hybridized carbons (Fsp3) is 0.407. The van der Waals surface area contributed by atoms with Crippen molar-refractivity contribution in [1.29, 1.82) is 0 Å². The molecule has 35 heavy (non-hydrogen) atoms. The Morgan fingerprint density at radius 2 is 1.57 bits per heavy atom. The zero-order chi connectivity index (χ0) is 23.5. The Morgan fingerprint density at radius 3 is 2.34 bits per heavy atom. The fourth-order valence-corrected chi connectivity index (χ4v) is 5.25. The number of nitrogens with zero attached hydrogens (tertiary/aromatic N) is 7. The van der Waals surface area contributed by atoms with E-state index in [4.69, 9.17) is 15.0 Å². The molecule has 0 bridgehead atoms. The zero-order valence-electron chi connectivity index (χ0n) is 20.1. The van der Waals surface area contributed by atoms with Gasteiger partial charge in [0.15, 0.2) is 17.0 Å². The SMILES string of the molecule is c1ccc(CNc2nc(N3CCN(c4ccccn4)CC3)nc3c2ncn3C2CCCCC2)cc1. The Labute approximate surface area is 206 Å². The van der Waals surface area contributed by atoms with Gasteiger partial charge in [-0.05, 0) is 30.5 Å². The van der Waals surface area contributed by atoms with Crippen molar-refractivity contribution in [2.24, 2.45) is 0 Å². The largest absolute Gasteiger partial charge is 0.364 e. The third-order valence-electron chi connectivity index (χ3n) is 7.22. The number of nitrogens with one attached hydrogen (secondary N) is 1. The minimum absolute atomic E-state index is 0.472. The van der Waals surface area contributed by atoms with Crippen LogP contribution in [0.5, 0.6) is 0 Å². The van der Waals surface area contributed by atoms with Gasteiger partial charge in [0, 0.05) is 45.0 Å². The second-order valence-electron chi connectivity index (χ2n) is 9.49. The molecule has 3 aromatic heterocycles. The predicted molar refractivity (Wildman–Crippen MR) is 140 cm³/mol. The van der Waals surface area contributed by atoms with Gasteiger partial charge < -0.3 is 19.7 Å². The standard InChI is InChI=1S/C27H32N8/c1-3-9-21(10-4-1)19-29-25-24-26(35(20-30-24)22-11-5-2-6-12-22)32-27(31-25)34-17-15-33(16-18-34)23-13-7-8-14-28-23/h1,3-4,7-10,13-14,20,22H,2,5-6,11-12,15-19H2,(H,29,31,32). The molecule has 1 aliphatic heterocycles. The van der Waals surface area contributed by atoms with Gasteiger partial charge in [-0.1, -0.05) is 55.7 Å². The van der Waals surface area contributed by atoms with Gasteiger partial charge in [0.1, 0.15) is 5.82 Å². The highest BCUT2D eigenvalue weighted by atomic mass is 15.3. The van der Waals surface area contributed by atoms with E-state index in [2.05, 4.69) is 55.0 Å². The monoisotopic (exact) mass is 468 g/mol. The molecule has 0 radical (unpaired) electrons. The van der Waals surface area contributed by atoms with Gasteiger partial charge in [-0.15, -0.1) is 0 Å². The molecule has 4 aromatic rings. The molecule has 1 aliphatic carbocycles. The number of piperazine rings is 1. The molecule has 4 heterocycles. The van der Waals surface area contributed by atoms with Crippen LogP contribution in [0.4, 0.5) is 17.6 Å². The molecular weight excluding hydrogens is 436 g/mol. The highest BCUT2D eigenvalue weighted by Crippen LogP contribution is 2.32. The van der Waals surface area contributed by atoms with Crippen LogP contribution in [-0.4, -0.2) is 50.7 Å². The second-order valence-corrected chi connectivity index (χ2v) is 9.49. The lowest BCUT2D eigenvalue weighted by Gasteiger charge is -2.35. The molecule has 1 saturated heterocycles. The third kappa shape index (κ3) is 4.65. The Hall–Kier alpha value is -3.68. The van der Waals surface area contributed by atoms with Crippen LogP contribution < -0.4 is 15.1 Å². The van der Waals surface area contributed by atoms with Crippen molar-refractivity contribution in [2.75, 3.05) is 41.3 Å². The van der Waals surface area contributed by atoms with E-state index in [0.29, 0.717) is 12.6 Å². The maximum atomic E-state index is 5.09. The van der Waals surface area contributed by atoms with E-state index >= 15 is 0 Å². The molecule has 6 rings (SSSR count). The van der Waals surface area contributed by atoms with Crippen molar-refractivity contribution in [3.8, 4) is 0 Å². The summed E-state index contributed by atoms with van der Waals surface area (Å²) in [5.74, 6) is 2.63. The number of fused-ring (bicyclic) bond motifs is 1. The second kappa shape index (κ2) is 9.90. The number of hydrogen-bond donors (Lipinski definition) is 1. The van der Waals surface area contributed by atoms with E-state index in [1.165, 1.54) is 37.7 Å². The van der Waals surface area contributed by atoms with Crippen LogP contribution in [0, 0.1) is 0 Å². The summed E-state index contributed by atoms with van der Waals surface area (Å²) in [7, 11) is 0. The summed E-state index contributed by atoms with van der Waals surface area (Å²) < 4.78 is 2.30. The summed E-state index contributed by atoms with van der Waals surface area (Å²) in [6.07, 6.45) is 10.1. The molecule has 1 N–H and O–H groups in total. The van der Waals surface area contributed by atoms with E-state index in [1.54, 1.807) is 0 Å². The summed E-state index contributed by atoms with van der Waals surface area (Å²) in [4.78, 5) is 24.0. The van der Waals surface area contributed by atoms with Crippen LogP contribution in [0.25, 0.3) is 11.2 Å². The van der Waals surface area contributed by atoms with Gasteiger partial charge in [0.25, 0.3) is 0 Å². The van der Waals surface area contributed by atoms with Gasteiger partial charge in [-0.2, -0.15) is 9.97 Å². The number of aromatic nitrogens is 5. The Balaban J connectivity index is 1.29. The van der Waals surface area contributed by atoms with E-state index in [-0.39, 0.29) is 0 Å². The summed E-state index contributed by atoms with van der Waals surface area (Å²) in [5, 5.41) is 3.56. The van der Waals surface area contributed by atoms with Crippen molar-refractivity contribution >= 4 is 28.7 Å². The number of hydrogen-bond acceptors (Lipinski definition) is 7. The Morgan fingerprint density at radius 1 is 0.800 bits per heavy atom. The van der Waals surface area contributed by atoms with Gasteiger partial charge in [-0.25, -0.2) is 9.97 Å². The number of benzene rings is 1. The molecule has 0 amide bonds. The van der Waals surface area contributed by atoms with Crippen LogP contribution in [-0.2, 0) is 6.54 Å². The third-order valence-corrected chi connectivity index (χ3v) is 7.22. The number of anilines is 3. The first-order chi connectivity index (χ1) is 17.3. The van der Waals surface area contributed by atoms with Crippen LogP contribution in [0.3, 0.4) is 0 Å². The van der Waals surface area contributed by atoms with Crippen LogP contribution in [0.15, 0.2) is 61.1 Å². The summed E-state index contributed by atoms with van der Waals surface area (Å²) >= 11 is 0. The normalized spacial score (nSPS) is 17.1. The molecular formula is C27H32N8. The van der Waals surface area contributed by atoms with Gasteiger partial charge in [0.05, 0.1) is 6.33 Å². The summed E-state index contributed by atoms with van der Waals surface area (Å²) in [6.45, 7) is 4.21. The maximum absolute atomic E-state index is 5.09. The van der Waals surface area contributed by atoms with E-state index in [1.807, 2.05) is 30.7 Å². The van der Waals surface area contributed by atoms with E-state index < -0.39 is 0 Å². The van der Waals surface area contributed by atoms with Crippen molar-refractivity contribution in [3.63, 3.8) is 0 Å². The minimum Gasteiger partial charge on any atom is -0.364 e. The van der Waals surface area contributed by atoms with Crippen LogP contribution in [0.1, 0.15) is 43.7 Å². The van der Waals surface area contributed by atoms with Crippen LogP contribution >= 0.6 is 0 Å². The summed E-state index contributed by atoms with van der Waals surface area (Å²) in [5.41, 5.74) is 3.03. The number of rotatable bonds is 6. The van der Waals surface area contributed by atoms with Crippen molar-refractivity contribution in [1.82, 2.24) is 24.5 Å².